The van der Waals surface area contributed by atoms with Crippen molar-refractivity contribution in [2.75, 3.05) is 5.32 Å². The van der Waals surface area contributed by atoms with Gasteiger partial charge in [-0.15, -0.1) is 0 Å². The first kappa shape index (κ1) is 18.6. The van der Waals surface area contributed by atoms with Gasteiger partial charge in [-0.1, -0.05) is 53.7 Å². The van der Waals surface area contributed by atoms with E-state index in [-0.39, 0.29) is 12.3 Å². The van der Waals surface area contributed by atoms with Gasteiger partial charge in [-0.25, -0.2) is 0 Å². The topological polar surface area (TPSA) is 85.1 Å². The minimum absolute atomic E-state index is 0.140. The van der Waals surface area contributed by atoms with Crippen molar-refractivity contribution in [1.82, 2.24) is 10.1 Å². The van der Waals surface area contributed by atoms with E-state index in [9.17, 15) is 9.59 Å². The van der Waals surface area contributed by atoms with E-state index in [4.69, 9.17) is 4.52 Å². The summed E-state index contributed by atoms with van der Waals surface area (Å²) in [6, 6.07) is 21.3. The number of aromatic nitrogens is 2. The number of aldehydes is 1. The molecule has 0 aliphatic carbocycles. The first-order valence-electron chi connectivity index (χ1n) is 9.35. The molecule has 0 radical (unpaired) electrons. The molecular weight excluding hydrogens is 366 g/mol. The summed E-state index contributed by atoms with van der Waals surface area (Å²) in [5.41, 5.74) is 2.47. The van der Waals surface area contributed by atoms with Crippen molar-refractivity contribution in [3.63, 3.8) is 0 Å². The van der Waals surface area contributed by atoms with Gasteiger partial charge in [0.25, 0.3) is 0 Å². The first-order valence-corrected chi connectivity index (χ1v) is 9.35. The third-order valence-corrected chi connectivity index (χ3v) is 4.60. The molecular formula is C23H19N3O3. The first-order chi connectivity index (χ1) is 14.2. The molecule has 0 saturated carbocycles. The minimum Gasteiger partial charge on any atom is -0.339 e. The number of amides is 1. The molecule has 1 amide bonds. The Kier molecular flexibility index (Phi) is 5.42. The molecule has 0 saturated heterocycles. The van der Waals surface area contributed by atoms with E-state index in [2.05, 4.69) is 21.5 Å². The largest absolute Gasteiger partial charge is 0.339 e. The predicted octanol–water partition coefficient (Wildman–Crippen LogP) is 4.20. The number of carbonyl (C=O) groups excluding carboxylic acids is 2. The summed E-state index contributed by atoms with van der Waals surface area (Å²) in [7, 11) is 0. The monoisotopic (exact) mass is 385 g/mol. The Morgan fingerprint density at radius 2 is 1.79 bits per heavy atom. The van der Waals surface area contributed by atoms with E-state index in [0.717, 1.165) is 28.2 Å². The number of hydrogen-bond donors (Lipinski definition) is 1. The molecule has 0 atom stereocenters. The predicted molar refractivity (Wildman–Crippen MR) is 110 cm³/mol. The summed E-state index contributed by atoms with van der Waals surface area (Å²) in [5.74, 6) is 0.792. The fourth-order valence-corrected chi connectivity index (χ4v) is 3.07. The highest BCUT2D eigenvalue weighted by atomic mass is 16.5. The van der Waals surface area contributed by atoms with Crippen molar-refractivity contribution in [2.24, 2.45) is 0 Å². The number of rotatable bonds is 7. The maximum Gasteiger partial charge on any atom is 0.227 e. The number of aryl methyl sites for hydroxylation is 1. The van der Waals surface area contributed by atoms with E-state index in [1.807, 2.05) is 48.5 Å². The van der Waals surface area contributed by atoms with Crippen LogP contribution < -0.4 is 5.32 Å². The molecule has 4 rings (SSSR count). The van der Waals surface area contributed by atoms with Gasteiger partial charge < -0.3 is 14.6 Å². The van der Waals surface area contributed by atoms with Crippen LogP contribution in [0.25, 0.3) is 22.2 Å². The van der Waals surface area contributed by atoms with Gasteiger partial charge in [0.1, 0.15) is 6.29 Å². The zero-order chi connectivity index (χ0) is 20.1. The van der Waals surface area contributed by atoms with Gasteiger partial charge in [0.15, 0.2) is 0 Å². The number of hydrogen-bond acceptors (Lipinski definition) is 5. The average molecular weight is 385 g/mol. The van der Waals surface area contributed by atoms with Crippen LogP contribution in [-0.4, -0.2) is 22.3 Å². The van der Waals surface area contributed by atoms with Gasteiger partial charge >= 0.3 is 0 Å². The number of benzene rings is 3. The van der Waals surface area contributed by atoms with Gasteiger partial charge in [-0.3, -0.25) is 4.79 Å². The Balaban J connectivity index is 1.36. The van der Waals surface area contributed by atoms with E-state index < -0.39 is 0 Å². The van der Waals surface area contributed by atoms with E-state index >= 15 is 0 Å². The standard InChI is InChI=1S/C23H19N3O3/c27-14-13-16-5-9-20(10-6-16)24-21(28)11-12-22-25-23(26-29-22)19-8-7-17-3-1-2-4-18(17)15-19/h1-10,14-15H,11-13H2,(H,24,28). The molecule has 4 aromatic rings. The quantitative estimate of drug-likeness (QED) is 0.482. The number of fused-ring (bicyclic) bond motifs is 1. The molecule has 1 aromatic heterocycles. The molecule has 0 bridgehead atoms. The van der Waals surface area contributed by atoms with E-state index in [1.54, 1.807) is 12.1 Å². The Morgan fingerprint density at radius 3 is 2.59 bits per heavy atom. The Hall–Kier alpha value is -3.80. The summed E-state index contributed by atoms with van der Waals surface area (Å²) in [6.45, 7) is 0. The van der Waals surface area contributed by atoms with Crippen LogP contribution >= 0.6 is 0 Å². The molecule has 29 heavy (non-hydrogen) atoms. The highest BCUT2D eigenvalue weighted by Crippen LogP contribution is 2.22. The Labute approximate surface area is 167 Å². The van der Waals surface area contributed by atoms with Crippen molar-refractivity contribution in [2.45, 2.75) is 19.3 Å². The lowest BCUT2D eigenvalue weighted by Gasteiger charge is -2.04. The normalized spacial score (nSPS) is 10.8. The molecule has 1 N–H and O–H groups in total. The van der Waals surface area contributed by atoms with Crippen molar-refractivity contribution in [1.29, 1.82) is 0 Å². The third-order valence-electron chi connectivity index (χ3n) is 4.60. The second kappa shape index (κ2) is 8.48. The average Bonchev–Trinajstić information content (AvgIpc) is 3.23. The molecule has 144 valence electrons. The number of nitrogens with one attached hydrogen (secondary N) is 1. The summed E-state index contributed by atoms with van der Waals surface area (Å²) in [6.07, 6.45) is 1.81. The van der Waals surface area contributed by atoms with Crippen molar-refractivity contribution in [3.8, 4) is 11.4 Å². The fourth-order valence-electron chi connectivity index (χ4n) is 3.07. The summed E-state index contributed by atoms with van der Waals surface area (Å²) in [4.78, 5) is 27.1. The van der Waals surface area contributed by atoms with Crippen LogP contribution in [0, 0.1) is 0 Å². The van der Waals surface area contributed by atoms with Crippen molar-refractivity contribution < 1.29 is 14.1 Å². The van der Waals surface area contributed by atoms with Gasteiger partial charge in [0, 0.05) is 30.5 Å². The smallest absolute Gasteiger partial charge is 0.227 e. The zero-order valence-electron chi connectivity index (χ0n) is 15.7. The summed E-state index contributed by atoms with van der Waals surface area (Å²) >= 11 is 0. The number of carbonyl (C=O) groups is 2. The van der Waals surface area contributed by atoms with Gasteiger partial charge in [0.05, 0.1) is 0 Å². The van der Waals surface area contributed by atoms with Crippen LogP contribution in [0.3, 0.4) is 0 Å². The molecule has 0 aliphatic rings. The molecule has 0 spiro atoms. The molecule has 0 aliphatic heterocycles. The van der Waals surface area contributed by atoms with Crippen LogP contribution in [0.5, 0.6) is 0 Å². The molecule has 3 aromatic carbocycles. The lowest BCUT2D eigenvalue weighted by atomic mass is 10.1. The van der Waals surface area contributed by atoms with Crippen LogP contribution in [0.4, 0.5) is 5.69 Å². The second-order valence-electron chi connectivity index (χ2n) is 6.69. The van der Waals surface area contributed by atoms with Gasteiger partial charge in [-0.05, 0) is 34.5 Å². The van der Waals surface area contributed by atoms with E-state index in [1.165, 1.54) is 0 Å². The van der Waals surface area contributed by atoms with Crippen LogP contribution in [-0.2, 0) is 22.4 Å². The Morgan fingerprint density at radius 1 is 1.00 bits per heavy atom. The SMILES string of the molecule is O=CCc1ccc(NC(=O)CCc2nc(-c3ccc4ccccc4c3)no2)cc1. The molecule has 1 heterocycles. The maximum atomic E-state index is 12.2. The molecule has 6 nitrogen and oxygen atoms in total. The van der Waals surface area contributed by atoms with Crippen LogP contribution in [0.15, 0.2) is 71.3 Å². The number of anilines is 1. The van der Waals surface area contributed by atoms with E-state index in [0.29, 0.717) is 30.2 Å². The summed E-state index contributed by atoms with van der Waals surface area (Å²) < 4.78 is 5.30. The van der Waals surface area contributed by atoms with Crippen LogP contribution in [0.1, 0.15) is 17.9 Å². The second-order valence-corrected chi connectivity index (χ2v) is 6.69. The Bertz CT molecular complexity index is 1150. The number of nitrogens with zero attached hydrogens (tertiary/aromatic N) is 2. The van der Waals surface area contributed by atoms with Crippen molar-refractivity contribution >= 4 is 28.7 Å². The van der Waals surface area contributed by atoms with Gasteiger partial charge in [-0.2, -0.15) is 4.98 Å². The fraction of sp³-hybridized carbons (Fsp3) is 0.130. The lowest BCUT2D eigenvalue weighted by molar-refractivity contribution is -0.116. The minimum atomic E-state index is -0.140. The van der Waals surface area contributed by atoms with Gasteiger partial charge in [0.2, 0.25) is 17.6 Å². The highest BCUT2D eigenvalue weighted by molar-refractivity contribution is 5.90. The molecule has 6 heteroatoms. The van der Waals surface area contributed by atoms with Crippen molar-refractivity contribution in [3.05, 3.63) is 78.2 Å². The lowest BCUT2D eigenvalue weighted by Crippen LogP contribution is -2.12. The third kappa shape index (κ3) is 4.55. The molecule has 0 unspecified atom stereocenters. The highest BCUT2D eigenvalue weighted by Gasteiger charge is 2.11. The maximum absolute atomic E-state index is 12.2. The van der Waals surface area contributed by atoms with Crippen LogP contribution in [0.2, 0.25) is 0 Å². The summed E-state index contributed by atoms with van der Waals surface area (Å²) in [5, 5.41) is 9.11. The zero-order valence-corrected chi connectivity index (χ0v) is 15.7. The molecule has 0 fully saturated rings.